The quantitative estimate of drug-likeness (QED) is 0.338. The largest absolute Gasteiger partial charge is 0.356 e. The minimum absolute atomic E-state index is 0. The van der Waals surface area contributed by atoms with E-state index in [1.807, 2.05) is 55.1 Å². The van der Waals surface area contributed by atoms with Gasteiger partial charge >= 0.3 is 0 Å². The van der Waals surface area contributed by atoms with Crippen LogP contribution < -0.4 is 15.5 Å². The SMILES string of the molecule is CN=C(NCc1ccc(N2CCCC2=O)cc1)NCC(C)(C)c1ccccc1F.I. The highest BCUT2D eigenvalue weighted by Gasteiger charge is 2.24. The normalized spacial score (nSPS) is 14.5. The molecule has 1 fully saturated rings. The number of guanidine groups is 1. The van der Waals surface area contributed by atoms with Crippen molar-refractivity contribution in [3.05, 3.63) is 65.5 Å². The molecule has 0 unspecified atom stereocenters. The van der Waals surface area contributed by atoms with Gasteiger partial charge in [0, 0.05) is 44.2 Å². The molecule has 5 nitrogen and oxygen atoms in total. The van der Waals surface area contributed by atoms with Crippen molar-refractivity contribution in [2.24, 2.45) is 4.99 Å². The van der Waals surface area contributed by atoms with E-state index in [0.717, 1.165) is 24.2 Å². The first-order valence-electron chi connectivity index (χ1n) is 9.99. The molecule has 1 saturated heterocycles. The summed E-state index contributed by atoms with van der Waals surface area (Å²) in [5.74, 6) is 0.657. The van der Waals surface area contributed by atoms with Crippen LogP contribution in [0.15, 0.2) is 53.5 Å². The zero-order valence-electron chi connectivity index (χ0n) is 17.7. The molecular weight excluding hydrogens is 494 g/mol. The molecule has 2 aromatic rings. The minimum Gasteiger partial charge on any atom is -0.356 e. The molecule has 0 radical (unpaired) electrons. The molecule has 0 bridgehead atoms. The summed E-state index contributed by atoms with van der Waals surface area (Å²) in [4.78, 5) is 18.0. The van der Waals surface area contributed by atoms with Crippen molar-refractivity contribution in [3.8, 4) is 0 Å². The van der Waals surface area contributed by atoms with Crippen molar-refractivity contribution in [2.45, 2.75) is 38.6 Å². The van der Waals surface area contributed by atoms with Crippen LogP contribution in [0.25, 0.3) is 0 Å². The molecule has 1 aliphatic rings. The fourth-order valence-electron chi connectivity index (χ4n) is 3.53. The number of nitrogens with zero attached hydrogens (tertiary/aromatic N) is 2. The summed E-state index contributed by atoms with van der Waals surface area (Å²) in [6.45, 7) is 5.95. The molecule has 1 amide bonds. The topological polar surface area (TPSA) is 56.7 Å². The van der Waals surface area contributed by atoms with Crippen molar-refractivity contribution in [2.75, 3.05) is 25.0 Å². The van der Waals surface area contributed by atoms with Crippen molar-refractivity contribution in [1.29, 1.82) is 0 Å². The average Bonchev–Trinajstić information content (AvgIpc) is 3.14. The number of halogens is 2. The number of carbonyl (C=O) groups is 1. The van der Waals surface area contributed by atoms with E-state index >= 15 is 0 Å². The lowest BCUT2D eigenvalue weighted by molar-refractivity contribution is -0.117. The third-order valence-corrected chi connectivity index (χ3v) is 5.31. The lowest BCUT2D eigenvalue weighted by Crippen LogP contribution is -2.43. The Balaban J connectivity index is 0.00000320. The summed E-state index contributed by atoms with van der Waals surface area (Å²) < 4.78 is 14.1. The molecular formula is C23H30FIN4O. The maximum Gasteiger partial charge on any atom is 0.227 e. The Labute approximate surface area is 195 Å². The Kier molecular flexibility index (Phi) is 8.64. The van der Waals surface area contributed by atoms with Crippen LogP contribution in [0.4, 0.5) is 10.1 Å². The van der Waals surface area contributed by atoms with Gasteiger partial charge in [0.15, 0.2) is 5.96 Å². The smallest absolute Gasteiger partial charge is 0.227 e. The van der Waals surface area contributed by atoms with E-state index in [0.29, 0.717) is 31.0 Å². The Bertz CT molecular complexity index is 883. The van der Waals surface area contributed by atoms with Gasteiger partial charge in [-0.15, -0.1) is 24.0 Å². The van der Waals surface area contributed by atoms with Crippen LogP contribution in [0.5, 0.6) is 0 Å². The Morgan fingerprint density at radius 2 is 1.83 bits per heavy atom. The first-order valence-corrected chi connectivity index (χ1v) is 9.99. The van der Waals surface area contributed by atoms with Crippen LogP contribution in [0.2, 0.25) is 0 Å². The zero-order valence-corrected chi connectivity index (χ0v) is 20.1. The monoisotopic (exact) mass is 524 g/mol. The predicted octanol–water partition coefficient (Wildman–Crippen LogP) is 4.21. The zero-order chi connectivity index (χ0) is 20.9. The van der Waals surface area contributed by atoms with Gasteiger partial charge in [-0.1, -0.05) is 44.2 Å². The lowest BCUT2D eigenvalue weighted by atomic mass is 9.84. The molecule has 7 heteroatoms. The number of rotatable bonds is 6. The highest BCUT2D eigenvalue weighted by Crippen LogP contribution is 2.25. The van der Waals surface area contributed by atoms with Gasteiger partial charge in [-0.05, 0) is 35.7 Å². The molecule has 0 aliphatic carbocycles. The highest BCUT2D eigenvalue weighted by molar-refractivity contribution is 14.0. The van der Waals surface area contributed by atoms with Gasteiger partial charge in [-0.3, -0.25) is 9.79 Å². The third-order valence-electron chi connectivity index (χ3n) is 5.31. The second-order valence-electron chi connectivity index (χ2n) is 7.96. The van der Waals surface area contributed by atoms with Crippen molar-refractivity contribution in [3.63, 3.8) is 0 Å². The van der Waals surface area contributed by atoms with Crippen LogP contribution in [0, 0.1) is 5.82 Å². The second kappa shape index (κ2) is 10.7. The van der Waals surface area contributed by atoms with Crippen molar-refractivity contribution in [1.82, 2.24) is 10.6 Å². The number of nitrogens with one attached hydrogen (secondary N) is 2. The second-order valence-corrected chi connectivity index (χ2v) is 7.96. The molecule has 2 aromatic carbocycles. The molecule has 1 aliphatic heterocycles. The third kappa shape index (κ3) is 5.93. The van der Waals surface area contributed by atoms with E-state index < -0.39 is 0 Å². The fraction of sp³-hybridized carbons (Fsp3) is 0.391. The maximum absolute atomic E-state index is 14.1. The van der Waals surface area contributed by atoms with Gasteiger partial charge in [-0.25, -0.2) is 4.39 Å². The van der Waals surface area contributed by atoms with Crippen LogP contribution in [0.1, 0.15) is 37.8 Å². The highest BCUT2D eigenvalue weighted by atomic mass is 127. The van der Waals surface area contributed by atoms with Crippen molar-refractivity contribution >= 4 is 41.5 Å². The minimum atomic E-state index is -0.382. The van der Waals surface area contributed by atoms with Crippen LogP contribution >= 0.6 is 24.0 Å². The molecule has 2 N–H and O–H groups in total. The van der Waals surface area contributed by atoms with Gasteiger partial charge in [0.2, 0.25) is 5.91 Å². The van der Waals surface area contributed by atoms with Crippen LogP contribution in [0.3, 0.4) is 0 Å². The number of hydrogen-bond acceptors (Lipinski definition) is 2. The molecule has 3 rings (SSSR count). The molecule has 0 saturated carbocycles. The van der Waals surface area contributed by atoms with Gasteiger partial charge in [0.25, 0.3) is 0 Å². The van der Waals surface area contributed by atoms with E-state index in [-0.39, 0.29) is 41.1 Å². The number of aliphatic imine (C=N–C) groups is 1. The van der Waals surface area contributed by atoms with Crippen LogP contribution in [-0.4, -0.2) is 32.0 Å². The van der Waals surface area contributed by atoms with E-state index in [2.05, 4.69) is 15.6 Å². The summed E-state index contributed by atoms with van der Waals surface area (Å²) >= 11 is 0. The lowest BCUT2D eigenvalue weighted by Gasteiger charge is -2.27. The average molecular weight is 524 g/mol. The number of carbonyl (C=O) groups excluding carboxylic acids is 1. The van der Waals surface area contributed by atoms with E-state index in [4.69, 9.17) is 0 Å². The Morgan fingerprint density at radius 3 is 2.43 bits per heavy atom. The summed E-state index contributed by atoms with van der Waals surface area (Å²) in [6, 6.07) is 14.9. The molecule has 162 valence electrons. The van der Waals surface area contributed by atoms with Gasteiger partial charge in [-0.2, -0.15) is 0 Å². The number of benzene rings is 2. The molecule has 0 spiro atoms. The van der Waals surface area contributed by atoms with Gasteiger partial charge < -0.3 is 15.5 Å². The van der Waals surface area contributed by atoms with Crippen molar-refractivity contribution < 1.29 is 9.18 Å². The summed E-state index contributed by atoms with van der Waals surface area (Å²) in [5, 5.41) is 6.57. The van der Waals surface area contributed by atoms with Gasteiger partial charge in [0.1, 0.15) is 5.82 Å². The Hall–Kier alpha value is -2.16. The van der Waals surface area contributed by atoms with E-state index in [1.165, 1.54) is 6.07 Å². The molecule has 30 heavy (non-hydrogen) atoms. The predicted molar refractivity (Wildman–Crippen MR) is 131 cm³/mol. The fourth-order valence-corrected chi connectivity index (χ4v) is 3.53. The number of anilines is 1. The first-order chi connectivity index (χ1) is 13.9. The summed E-state index contributed by atoms with van der Waals surface area (Å²) in [6.07, 6.45) is 1.56. The molecule has 0 aromatic heterocycles. The van der Waals surface area contributed by atoms with Gasteiger partial charge in [0.05, 0.1) is 0 Å². The van der Waals surface area contributed by atoms with E-state index in [1.54, 1.807) is 13.1 Å². The number of hydrogen-bond donors (Lipinski definition) is 2. The molecule has 0 atom stereocenters. The summed E-state index contributed by atoms with van der Waals surface area (Å²) in [7, 11) is 1.72. The van der Waals surface area contributed by atoms with E-state index in [9.17, 15) is 9.18 Å². The standard InChI is InChI=1S/C23H29FN4O.HI/c1-23(2,19-7-4-5-8-20(19)24)16-27-22(25-3)26-15-17-10-12-18(13-11-17)28-14-6-9-21(28)29;/h4-5,7-8,10-13H,6,9,14-16H2,1-3H3,(H2,25,26,27);1H. The van der Waals surface area contributed by atoms with Crippen LogP contribution in [-0.2, 0) is 16.8 Å². The Morgan fingerprint density at radius 1 is 1.13 bits per heavy atom. The first kappa shape index (κ1) is 24.1. The summed E-state index contributed by atoms with van der Waals surface area (Å²) in [5.41, 5.74) is 2.34. The maximum atomic E-state index is 14.1. The number of amides is 1. The molecule has 1 heterocycles.